The predicted molar refractivity (Wildman–Crippen MR) is 115 cm³/mol. The number of ether oxygens (including phenoxy) is 1. The summed E-state index contributed by atoms with van der Waals surface area (Å²) in [6.07, 6.45) is 0.171. The van der Waals surface area contributed by atoms with Gasteiger partial charge in [0.25, 0.3) is 11.5 Å². The van der Waals surface area contributed by atoms with Crippen LogP contribution in [0.25, 0.3) is 10.9 Å². The van der Waals surface area contributed by atoms with Crippen molar-refractivity contribution in [1.29, 1.82) is 0 Å². The van der Waals surface area contributed by atoms with Gasteiger partial charge in [0.15, 0.2) is 6.61 Å². The van der Waals surface area contributed by atoms with Gasteiger partial charge in [-0.2, -0.15) is 0 Å². The summed E-state index contributed by atoms with van der Waals surface area (Å²) < 4.78 is 5.00. The van der Waals surface area contributed by atoms with E-state index in [-0.39, 0.29) is 24.4 Å². The number of fused-ring (bicyclic) bond motifs is 1. The predicted octanol–water partition coefficient (Wildman–Crippen LogP) is 3.58. The molecule has 1 heterocycles. The van der Waals surface area contributed by atoms with Crippen LogP contribution in [0.2, 0.25) is 10.0 Å². The molecular formula is C21H19Cl2N3O4. The van der Waals surface area contributed by atoms with Crippen LogP contribution in [0.4, 0.5) is 0 Å². The highest BCUT2D eigenvalue weighted by atomic mass is 35.5. The maximum absolute atomic E-state index is 12.1. The summed E-state index contributed by atoms with van der Waals surface area (Å²) in [6.45, 7) is 1.34. The second-order valence-electron chi connectivity index (χ2n) is 6.65. The Morgan fingerprint density at radius 2 is 1.97 bits per heavy atom. The largest absolute Gasteiger partial charge is 0.456 e. The van der Waals surface area contributed by atoms with Crippen molar-refractivity contribution in [3.8, 4) is 0 Å². The van der Waals surface area contributed by atoms with Crippen molar-refractivity contribution in [2.75, 3.05) is 6.61 Å². The number of aryl methyl sites for hydroxylation is 1. The number of hydrogen-bond donors (Lipinski definition) is 2. The Bertz CT molecular complexity index is 1150. The van der Waals surface area contributed by atoms with Crippen LogP contribution >= 0.6 is 23.2 Å². The Hall–Kier alpha value is -2.90. The SMILES string of the molecule is CC(NC(=O)COC(=O)CCc1nc2ccccc2c(=O)[nH]1)c1ccc(Cl)cc1Cl. The molecule has 0 fully saturated rings. The summed E-state index contributed by atoms with van der Waals surface area (Å²) in [5.41, 5.74) is 0.990. The molecule has 0 bridgehead atoms. The van der Waals surface area contributed by atoms with Crippen LogP contribution in [0.5, 0.6) is 0 Å². The molecular weight excluding hydrogens is 429 g/mol. The summed E-state index contributed by atoms with van der Waals surface area (Å²) in [6, 6.07) is 11.5. The molecule has 1 unspecified atom stereocenters. The Morgan fingerprint density at radius 1 is 1.20 bits per heavy atom. The van der Waals surface area contributed by atoms with Crippen LogP contribution < -0.4 is 10.9 Å². The van der Waals surface area contributed by atoms with E-state index in [0.29, 0.717) is 32.3 Å². The number of carbonyl (C=O) groups excluding carboxylic acids is 2. The molecule has 0 saturated heterocycles. The third-order valence-electron chi connectivity index (χ3n) is 4.40. The lowest BCUT2D eigenvalue weighted by molar-refractivity contribution is -0.148. The second-order valence-corrected chi connectivity index (χ2v) is 7.49. The molecule has 3 rings (SSSR count). The number of nitrogens with one attached hydrogen (secondary N) is 2. The van der Waals surface area contributed by atoms with Gasteiger partial charge in [-0.1, -0.05) is 41.4 Å². The van der Waals surface area contributed by atoms with E-state index in [9.17, 15) is 14.4 Å². The van der Waals surface area contributed by atoms with Crippen molar-refractivity contribution in [3.63, 3.8) is 0 Å². The number of nitrogens with zero attached hydrogens (tertiary/aromatic N) is 1. The van der Waals surface area contributed by atoms with E-state index in [0.717, 1.165) is 0 Å². The highest BCUT2D eigenvalue weighted by Gasteiger charge is 2.15. The molecule has 1 aromatic heterocycles. The fourth-order valence-electron chi connectivity index (χ4n) is 2.91. The zero-order valence-corrected chi connectivity index (χ0v) is 17.6. The summed E-state index contributed by atoms with van der Waals surface area (Å²) in [4.78, 5) is 43.0. The molecule has 1 amide bonds. The second kappa shape index (κ2) is 9.73. The number of benzene rings is 2. The number of aromatic nitrogens is 2. The minimum atomic E-state index is -0.571. The average Bonchev–Trinajstić information content (AvgIpc) is 2.70. The van der Waals surface area contributed by atoms with Gasteiger partial charge in [0.05, 0.1) is 23.4 Å². The van der Waals surface area contributed by atoms with Crippen LogP contribution in [-0.4, -0.2) is 28.5 Å². The molecule has 0 spiro atoms. The number of carbonyl (C=O) groups is 2. The van der Waals surface area contributed by atoms with E-state index in [4.69, 9.17) is 27.9 Å². The lowest BCUT2D eigenvalue weighted by Gasteiger charge is -2.16. The fraction of sp³-hybridized carbons (Fsp3) is 0.238. The van der Waals surface area contributed by atoms with Crippen molar-refractivity contribution in [1.82, 2.24) is 15.3 Å². The summed E-state index contributed by atoms with van der Waals surface area (Å²) in [5, 5.41) is 4.12. The van der Waals surface area contributed by atoms with Crippen molar-refractivity contribution in [2.24, 2.45) is 0 Å². The Morgan fingerprint density at radius 3 is 2.73 bits per heavy atom. The minimum absolute atomic E-state index is 0.0207. The van der Waals surface area contributed by atoms with Gasteiger partial charge < -0.3 is 15.0 Å². The fourth-order valence-corrected chi connectivity index (χ4v) is 3.48. The van der Waals surface area contributed by atoms with Gasteiger partial charge in [-0.3, -0.25) is 14.4 Å². The van der Waals surface area contributed by atoms with Crippen molar-refractivity contribution >= 4 is 46.0 Å². The van der Waals surface area contributed by atoms with Gasteiger partial charge in [0.1, 0.15) is 5.82 Å². The van der Waals surface area contributed by atoms with Crippen LogP contribution in [0.3, 0.4) is 0 Å². The maximum Gasteiger partial charge on any atom is 0.306 e. The number of rotatable bonds is 7. The third-order valence-corrected chi connectivity index (χ3v) is 4.96. The van der Waals surface area contributed by atoms with E-state index in [1.54, 1.807) is 49.4 Å². The standard InChI is InChI=1S/C21H19Cl2N3O4/c1-12(14-7-6-13(22)10-16(14)23)24-19(27)11-30-20(28)9-8-18-25-17-5-3-2-4-15(17)21(29)26-18/h2-7,10,12H,8-9,11H2,1H3,(H,24,27)(H,25,26,29). The molecule has 9 heteroatoms. The molecule has 156 valence electrons. The smallest absolute Gasteiger partial charge is 0.306 e. The molecule has 0 aliphatic rings. The number of esters is 1. The van der Waals surface area contributed by atoms with Crippen LogP contribution in [0.1, 0.15) is 30.8 Å². The number of aromatic amines is 1. The molecule has 0 aliphatic heterocycles. The highest BCUT2D eigenvalue weighted by molar-refractivity contribution is 6.35. The van der Waals surface area contributed by atoms with E-state index in [1.165, 1.54) is 0 Å². The molecule has 0 radical (unpaired) electrons. The lowest BCUT2D eigenvalue weighted by atomic mass is 10.1. The number of halogens is 2. The van der Waals surface area contributed by atoms with Crippen LogP contribution in [0, 0.1) is 0 Å². The topological polar surface area (TPSA) is 101 Å². The molecule has 2 N–H and O–H groups in total. The molecule has 30 heavy (non-hydrogen) atoms. The lowest BCUT2D eigenvalue weighted by Crippen LogP contribution is -2.31. The number of H-pyrrole nitrogens is 1. The first-order valence-corrected chi connectivity index (χ1v) is 9.97. The van der Waals surface area contributed by atoms with Gasteiger partial charge in [-0.15, -0.1) is 0 Å². The molecule has 2 aromatic carbocycles. The summed E-state index contributed by atoms with van der Waals surface area (Å²) in [7, 11) is 0. The van der Waals surface area contributed by atoms with Crippen molar-refractivity contribution < 1.29 is 14.3 Å². The van der Waals surface area contributed by atoms with E-state index in [2.05, 4.69) is 15.3 Å². The van der Waals surface area contributed by atoms with Crippen LogP contribution in [-0.2, 0) is 20.7 Å². The first-order chi connectivity index (χ1) is 14.3. The monoisotopic (exact) mass is 447 g/mol. The van der Waals surface area contributed by atoms with Crippen molar-refractivity contribution in [2.45, 2.75) is 25.8 Å². The van der Waals surface area contributed by atoms with Gasteiger partial charge >= 0.3 is 5.97 Å². The molecule has 3 aromatic rings. The third kappa shape index (κ3) is 5.58. The van der Waals surface area contributed by atoms with Crippen molar-refractivity contribution in [3.05, 3.63) is 74.3 Å². The Kier molecular flexibility index (Phi) is 7.07. The first kappa shape index (κ1) is 21.8. The van der Waals surface area contributed by atoms with Gasteiger partial charge in [-0.25, -0.2) is 4.98 Å². The highest BCUT2D eigenvalue weighted by Crippen LogP contribution is 2.26. The van der Waals surface area contributed by atoms with E-state index >= 15 is 0 Å². The average molecular weight is 448 g/mol. The first-order valence-electron chi connectivity index (χ1n) is 9.21. The number of para-hydroxylation sites is 1. The normalized spacial score (nSPS) is 11.8. The van der Waals surface area contributed by atoms with Gasteiger partial charge in [-0.05, 0) is 36.8 Å². The minimum Gasteiger partial charge on any atom is -0.456 e. The van der Waals surface area contributed by atoms with Gasteiger partial charge in [0, 0.05) is 16.5 Å². The molecule has 7 nitrogen and oxygen atoms in total. The summed E-state index contributed by atoms with van der Waals surface area (Å²) in [5.74, 6) is -0.650. The van der Waals surface area contributed by atoms with E-state index in [1.807, 2.05) is 0 Å². The molecule has 0 aliphatic carbocycles. The number of hydrogen-bond acceptors (Lipinski definition) is 5. The summed E-state index contributed by atoms with van der Waals surface area (Å²) >= 11 is 12.0. The zero-order chi connectivity index (χ0) is 21.7. The van der Waals surface area contributed by atoms with Crippen LogP contribution in [0.15, 0.2) is 47.3 Å². The maximum atomic E-state index is 12.1. The number of amides is 1. The van der Waals surface area contributed by atoms with Gasteiger partial charge in [0.2, 0.25) is 0 Å². The Balaban J connectivity index is 1.48. The molecule has 0 saturated carbocycles. The zero-order valence-electron chi connectivity index (χ0n) is 16.1. The Labute approximate surface area is 182 Å². The quantitative estimate of drug-likeness (QED) is 0.538. The molecule has 1 atom stereocenters. The van der Waals surface area contributed by atoms with E-state index < -0.39 is 18.5 Å².